The number of rotatable bonds is 3. The summed E-state index contributed by atoms with van der Waals surface area (Å²) >= 11 is 3.34. The van der Waals surface area contributed by atoms with Crippen molar-refractivity contribution >= 4 is 33.4 Å². The maximum absolute atomic E-state index is 13.2. The molecule has 0 fully saturated rings. The van der Waals surface area contributed by atoms with Crippen molar-refractivity contribution in [3.05, 3.63) is 81.2 Å². The molecule has 2 heterocycles. The molecule has 0 unspecified atom stereocenters. The first-order valence-corrected chi connectivity index (χ1v) is 10.1. The van der Waals surface area contributed by atoms with Gasteiger partial charge >= 0.3 is 0 Å². The standard InChI is InChI=1S/C22H20BrN3O2/c1-13-19(22(28)26-18-11-10-15(23)12-24-18)20(14-6-3-2-4-7-14)21-16(25-13)8-5-9-17(21)27/h2-4,6-7,10-12,20,25H,5,8-9H2,1H3,(H,24,26,28)/t20-/m0/s1. The minimum Gasteiger partial charge on any atom is -0.362 e. The van der Waals surface area contributed by atoms with E-state index in [0.717, 1.165) is 39.8 Å². The number of amides is 1. The fraction of sp³-hybridized carbons (Fsp3) is 0.227. The molecule has 0 spiro atoms. The van der Waals surface area contributed by atoms with Crippen molar-refractivity contribution in [1.29, 1.82) is 0 Å². The Morgan fingerprint density at radius 3 is 2.68 bits per heavy atom. The molecule has 1 amide bonds. The molecule has 2 N–H and O–H groups in total. The summed E-state index contributed by atoms with van der Waals surface area (Å²) in [6.07, 6.45) is 3.82. The Bertz CT molecular complexity index is 994. The molecule has 0 bridgehead atoms. The summed E-state index contributed by atoms with van der Waals surface area (Å²) in [5.41, 5.74) is 3.94. The van der Waals surface area contributed by atoms with Crippen LogP contribution in [0.2, 0.25) is 0 Å². The van der Waals surface area contributed by atoms with Gasteiger partial charge in [0.1, 0.15) is 5.82 Å². The first kappa shape index (κ1) is 18.6. The van der Waals surface area contributed by atoms with Crippen molar-refractivity contribution in [2.24, 2.45) is 0 Å². The number of hydrogen-bond donors (Lipinski definition) is 2. The second kappa shape index (κ2) is 7.72. The zero-order valence-corrected chi connectivity index (χ0v) is 17.0. The van der Waals surface area contributed by atoms with Crippen LogP contribution in [0.3, 0.4) is 0 Å². The van der Waals surface area contributed by atoms with E-state index < -0.39 is 0 Å². The molecule has 142 valence electrons. The van der Waals surface area contributed by atoms with Crippen molar-refractivity contribution in [1.82, 2.24) is 10.3 Å². The van der Waals surface area contributed by atoms with E-state index in [-0.39, 0.29) is 17.6 Å². The third-order valence-electron chi connectivity index (χ3n) is 5.12. The molecule has 28 heavy (non-hydrogen) atoms. The Morgan fingerprint density at radius 2 is 1.96 bits per heavy atom. The molecule has 0 saturated carbocycles. The zero-order chi connectivity index (χ0) is 19.7. The van der Waals surface area contributed by atoms with Crippen molar-refractivity contribution in [3.63, 3.8) is 0 Å². The van der Waals surface area contributed by atoms with Crippen LogP contribution in [0.15, 0.2) is 75.7 Å². The van der Waals surface area contributed by atoms with Gasteiger partial charge < -0.3 is 10.6 Å². The summed E-state index contributed by atoms with van der Waals surface area (Å²) in [5, 5.41) is 6.20. The lowest BCUT2D eigenvalue weighted by atomic mass is 9.75. The maximum Gasteiger partial charge on any atom is 0.255 e. The predicted molar refractivity (Wildman–Crippen MR) is 111 cm³/mol. The Kier molecular flexibility index (Phi) is 5.13. The van der Waals surface area contributed by atoms with Gasteiger partial charge in [-0.05, 0) is 53.4 Å². The second-order valence-corrected chi connectivity index (χ2v) is 7.91. The molecule has 4 rings (SSSR count). The molecule has 1 aliphatic carbocycles. The van der Waals surface area contributed by atoms with E-state index in [9.17, 15) is 9.59 Å². The third kappa shape index (κ3) is 3.52. The monoisotopic (exact) mass is 437 g/mol. The summed E-state index contributed by atoms with van der Waals surface area (Å²) in [6.45, 7) is 1.89. The molecule has 1 atom stereocenters. The van der Waals surface area contributed by atoms with Crippen LogP contribution in [-0.4, -0.2) is 16.7 Å². The lowest BCUT2D eigenvalue weighted by Gasteiger charge is -2.34. The van der Waals surface area contributed by atoms with Crippen LogP contribution in [0.5, 0.6) is 0 Å². The number of nitrogens with one attached hydrogen (secondary N) is 2. The van der Waals surface area contributed by atoms with Crippen LogP contribution >= 0.6 is 15.9 Å². The minimum absolute atomic E-state index is 0.113. The molecule has 2 aromatic rings. The van der Waals surface area contributed by atoms with Gasteiger partial charge in [-0.25, -0.2) is 4.98 Å². The smallest absolute Gasteiger partial charge is 0.255 e. The van der Waals surface area contributed by atoms with E-state index >= 15 is 0 Å². The minimum atomic E-state index is -0.374. The highest BCUT2D eigenvalue weighted by Crippen LogP contribution is 2.42. The number of carbonyl (C=O) groups excluding carboxylic acids is 2. The lowest BCUT2D eigenvalue weighted by molar-refractivity contribution is -0.116. The number of dihydropyridines is 1. The number of allylic oxidation sites excluding steroid dienone is 3. The third-order valence-corrected chi connectivity index (χ3v) is 5.59. The number of aromatic nitrogens is 1. The quantitative estimate of drug-likeness (QED) is 0.743. The second-order valence-electron chi connectivity index (χ2n) is 6.99. The molecule has 1 aromatic carbocycles. The van der Waals surface area contributed by atoms with Gasteiger partial charge in [0, 0.05) is 45.5 Å². The van der Waals surface area contributed by atoms with Crippen molar-refractivity contribution in [2.45, 2.75) is 32.1 Å². The van der Waals surface area contributed by atoms with Gasteiger partial charge in [-0.2, -0.15) is 0 Å². The number of carbonyl (C=O) groups is 2. The average Bonchev–Trinajstić information content (AvgIpc) is 2.69. The number of Topliss-reactive ketones (excluding diaryl/α,β-unsaturated/α-hetero) is 1. The SMILES string of the molecule is CC1=C(C(=O)Nc2ccc(Br)cn2)[C@H](c2ccccc2)C2=C(CCCC2=O)N1. The Labute approximate surface area is 172 Å². The van der Waals surface area contributed by atoms with Crippen molar-refractivity contribution in [3.8, 4) is 0 Å². The van der Waals surface area contributed by atoms with E-state index in [1.165, 1.54) is 0 Å². The number of anilines is 1. The van der Waals surface area contributed by atoms with Crippen LogP contribution in [0.4, 0.5) is 5.82 Å². The molecule has 0 radical (unpaired) electrons. The van der Waals surface area contributed by atoms with E-state index in [1.54, 1.807) is 12.3 Å². The van der Waals surface area contributed by atoms with Crippen LogP contribution in [0.1, 0.15) is 37.7 Å². The summed E-state index contributed by atoms with van der Waals surface area (Å²) in [6, 6.07) is 13.3. The molecule has 6 heteroatoms. The van der Waals surface area contributed by atoms with Crippen LogP contribution < -0.4 is 10.6 Å². The summed E-state index contributed by atoms with van der Waals surface area (Å²) in [4.78, 5) is 30.3. The fourth-order valence-electron chi connectivity index (χ4n) is 3.90. The van der Waals surface area contributed by atoms with E-state index in [1.807, 2.05) is 43.3 Å². The first-order valence-electron chi connectivity index (χ1n) is 9.26. The number of ketones is 1. The molecule has 1 aromatic heterocycles. The van der Waals surface area contributed by atoms with Gasteiger partial charge in [-0.15, -0.1) is 0 Å². The molecule has 5 nitrogen and oxygen atoms in total. The van der Waals surface area contributed by atoms with Crippen LogP contribution in [0, 0.1) is 0 Å². The number of hydrogen-bond acceptors (Lipinski definition) is 4. The average molecular weight is 438 g/mol. The molecule has 1 aliphatic heterocycles. The van der Waals surface area contributed by atoms with E-state index in [4.69, 9.17) is 0 Å². The van der Waals surface area contributed by atoms with Gasteiger partial charge in [0.2, 0.25) is 0 Å². The van der Waals surface area contributed by atoms with Crippen LogP contribution in [0.25, 0.3) is 0 Å². The van der Waals surface area contributed by atoms with Gasteiger partial charge in [-0.1, -0.05) is 30.3 Å². The van der Waals surface area contributed by atoms with Gasteiger partial charge in [0.05, 0.1) is 0 Å². The number of benzene rings is 1. The Morgan fingerprint density at radius 1 is 1.18 bits per heavy atom. The normalized spacial score (nSPS) is 19.2. The van der Waals surface area contributed by atoms with Gasteiger partial charge in [-0.3, -0.25) is 9.59 Å². The number of nitrogens with zero attached hydrogens (tertiary/aromatic N) is 1. The zero-order valence-electron chi connectivity index (χ0n) is 15.5. The topological polar surface area (TPSA) is 71.1 Å². The highest BCUT2D eigenvalue weighted by molar-refractivity contribution is 9.10. The molecule has 2 aliphatic rings. The van der Waals surface area contributed by atoms with Gasteiger partial charge in [0.25, 0.3) is 5.91 Å². The van der Waals surface area contributed by atoms with E-state index in [0.29, 0.717) is 17.8 Å². The molecular formula is C22H20BrN3O2. The Balaban J connectivity index is 1.76. The summed E-state index contributed by atoms with van der Waals surface area (Å²) < 4.78 is 0.838. The highest BCUT2D eigenvalue weighted by atomic mass is 79.9. The van der Waals surface area contributed by atoms with E-state index in [2.05, 4.69) is 31.5 Å². The highest BCUT2D eigenvalue weighted by Gasteiger charge is 2.38. The fourth-order valence-corrected chi connectivity index (χ4v) is 4.13. The first-order chi connectivity index (χ1) is 13.5. The maximum atomic E-state index is 13.2. The molecule has 0 saturated heterocycles. The molecular weight excluding hydrogens is 418 g/mol. The largest absolute Gasteiger partial charge is 0.362 e. The Hall–Kier alpha value is -2.73. The van der Waals surface area contributed by atoms with Crippen molar-refractivity contribution in [2.75, 3.05) is 5.32 Å². The number of pyridine rings is 1. The lowest BCUT2D eigenvalue weighted by Crippen LogP contribution is -2.35. The predicted octanol–water partition coefficient (Wildman–Crippen LogP) is 4.45. The van der Waals surface area contributed by atoms with Gasteiger partial charge in [0.15, 0.2) is 5.78 Å². The van der Waals surface area contributed by atoms with Crippen LogP contribution in [-0.2, 0) is 9.59 Å². The summed E-state index contributed by atoms with van der Waals surface area (Å²) in [5.74, 6) is -0.0449. The van der Waals surface area contributed by atoms with Crippen molar-refractivity contribution < 1.29 is 9.59 Å². The summed E-state index contributed by atoms with van der Waals surface area (Å²) in [7, 11) is 0. The number of halogens is 1.